The number of hydrogen-bond acceptors (Lipinski definition) is 6. The molecule has 1 aliphatic heterocycles. The van der Waals surface area contributed by atoms with Crippen LogP contribution in [0.4, 0.5) is 8.78 Å². The molecule has 1 aromatic carbocycles. The lowest BCUT2D eigenvalue weighted by atomic mass is 10.0. The minimum absolute atomic E-state index is 0.238. The smallest absolute Gasteiger partial charge is 0.240 e. The van der Waals surface area contributed by atoms with E-state index in [1.807, 2.05) is 4.90 Å². The van der Waals surface area contributed by atoms with Crippen LogP contribution in [-0.2, 0) is 17.9 Å². The van der Waals surface area contributed by atoms with Crippen molar-refractivity contribution in [2.75, 3.05) is 13.7 Å². The minimum Gasteiger partial charge on any atom is -0.392 e. The van der Waals surface area contributed by atoms with Crippen molar-refractivity contribution in [1.29, 1.82) is 0 Å². The summed E-state index contributed by atoms with van der Waals surface area (Å²) in [6, 6.07) is 3.54. The van der Waals surface area contributed by atoms with Crippen LogP contribution in [0.15, 0.2) is 22.7 Å². The lowest BCUT2D eigenvalue weighted by molar-refractivity contribution is 0.164. The molecule has 0 amide bonds. The Morgan fingerprint density at radius 3 is 2.96 bits per heavy atom. The van der Waals surface area contributed by atoms with Gasteiger partial charge in [0.25, 0.3) is 0 Å². The van der Waals surface area contributed by atoms with Crippen molar-refractivity contribution in [2.24, 2.45) is 0 Å². The van der Waals surface area contributed by atoms with Gasteiger partial charge in [-0.25, -0.2) is 8.78 Å². The molecular weight excluding hydrogens is 308 g/mol. The number of aliphatic hydroxyl groups is 1. The van der Waals surface area contributed by atoms with E-state index in [4.69, 9.17) is 9.26 Å². The van der Waals surface area contributed by atoms with Gasteiger partial charge in [0.05, 0.1) is 12.6 Å². The fourth-order valence-electron chi connectivity index (χ4n) is 2.84. The van der Waals surface area contributed by atoms with Crippen molar-refractivity contribution in [3.05, 3.63) is 47.1 Å². The Balaban J connectivity index is 1.77. The average molecular weight is 325 g/mol. The summed E-state index contributed by atoms with van der Waals surface area (Å²) in [4.78, 5) is 6.09. The molecule has 0 spiro atoms. The van der Waals surface area contributed by atoms with Crippen LogP contribution in [-0.4, -0.2) is 39.9 Å². The number of nitrogens with zero attached hydrogens (tertiary/aromatic N) is 3. The largest absolute Gasteiger partial charge is 0.392 e. The molecule has 1 aromatic heterocycles. The first-order valence-electron chi connectivity index (χ1n) is 7.24. The van der Waals surface area contributed by atoms with Crippen LogP contribution in [0.1, 0.15) is 29.7 Å². The van der Waals surface area contributed by atoms with Gasteiger partial charge in [0.2, 0.25) is 5.89 Å². The van der Waals surface area contributed by atoms with Crippen LogP contribution in [0.25, 0.3) is 0 Å². The fourth-order valence-corrected chi connectivity index (χ4v) is 2.84. The van der Waals surface area contributed by atoms with E-state index in [-0.39, 0.29) is 12.6 Å². The number of halogens is 2. The third kappa shape index (κ3) is 3.54. The molecule has 2 heterocycles. The van der Waals surface area contributed by atoms with Gasteiger partial charge >= 0.3 is 0 Å². The lowest BCUT2D eigenvalue weighted by Gasteiger charge is -2.22. The van der Waals surface area contributed by atoms with Crippen molar-refractivity contribution in [1.82, 2.24) is 15.0 Å². The molecule has 0 aliphatic carbocycles. The van der Waals surface area contributed by atoms with E-state index in [1.165, 1.54) is 13.2 Å². The Morgan fingerprint density at radius 2 is 2.22 bits per heavy atom. The first-order chi connectivity index (χ1) is 11.1. The van der Waals surface area contributed by atoms with E-state index in [2.05, 4.69) is 10.1 Å². The van der Waals surface area contributed by atoms with Gasteiger partial charge in [0, 0.05) is 19.7 Å². The van der Waals surface area contributed by atoms with Gasteiger partial charge in [0.1, 0.15) is 6.61 Å². The minimum atomic E-state index is -0.899. The third-order valence-corrected chi connectivity index (χ3v) is 3.83. The molecule has 2 aromatic rings. The van der Waals surface area contributed by atoms with Gasteiger partial charge in [-0.1, -0.05) is 11.2 Å². The highest BCUT2D eigenvalue weighted by Gasteiger charge is 2.33. The lowest BCUT2D eigenvalue weighted by Crippen LogP contribution is -2.24. The zero-order valence-corrected chi connectivity index (χ0v) is 12.6. The monoisotopic (exact) mass is 325 g/mol. The number of hydrogen-bond donors (Lipinski definition) is 1. The number of rotatable bonds is 5. The van der Waals surface area contributed by atoms with Gasteiger partial charge in [-0.3, -0.25) is 4.90 Å². The van der Waals surface area contributed by atoms with Gasteiger partial charge in [0.15, 0.2) is 17.5 Å². The molecule has 0 unspecified atom stereocenters. The SMILES string of the molecule is COCc1noc(CN2C[C@H](O)C[C@H]2c2ccc(F)c(F)c2)n1. The second kappa shape index (κ2) is 6.69. The zero-order chi connectivity index (χ0) is 16.4. The molecule has 6 nitrogen and oxygen atoms in total. The number of aliphatic hydroxyl groups excluding tert-OH is 1. The maximum absolute atomic E-state index is 13.5. The Morgan fingerprint density at radius 1 is 1.39 bits per heavy atom. The second-order valence-corrected chi connectivity index (χ2v) is 5.55. The molecule has 1 aliphatic rings. The highest BCUT2D eigenvalue weighted by Crippen LogP contribution is 2.33. The molecule has 8 heteroatoms. The van der Waals surface area contributed by atoms with Crippen LogP contribution in [0.5, 0.6) is 0 Å². The van der Waals surface area contributed by atoms with Gasteiger partial charge in [-0.2, -0.15) is 4.98 Å². The van der Waals surface area contributed by atoms with Crippen molar-refractivity contribution >= 4 is 0 Å². The van der Waals surface area contributed by atoms with E-state index < -0.39 is 17.7 Å². The predicted molar refractivity (Wildman–Crippen MR) is 75.1 cm³/mol. The summed E-state index contributed by atoms with van der Waals surface area (Å²) >= 11 is 0. The number of methoxy groups -OCH3 is 1. The molecule has 0 saturated carbocycles. The number of β-amino-alcohol motifs (C(OH)–C–C–N with tert-alkyl or cyclic N) is 1. The summed E-state index contributed by atoms with van der Waals surface area (Å²) in [5.41, 5.74) is 0.608. The summed E-state index contributed by atoms with van der Waals surface area (Å²) in [5.74, 6) is -0.964. The van der Waals surface area contributed by atoms with Crippen LogP contribution in [0, 0.1) is 11.6 Å². The topological polar surface area (TPSA) is 71.6 Å². The maximum atomic E-state index is 13.5. The van der Waals surface area contributed by atoms with Crippen LogP contribution < -0.4 is 0 Å². The first-order valence-corrected chi connectivity index (χ1v) is 7.24. The third-order valence-electron chi connectivity index (χ3n) is 3.83. The number of aromatic nitrogens is 2. The molecule has 1 fully saturated rings. The summed E-state index contributed by atoms with van der Waals surface area (Å²) in [6.07, 6.45) is -0.112. The van der Waals surface area contributed by atoms with Crippen molar-refractivity contribution in [2.45, 2.75) is 31.7 Å². The first kappa shape index (κ1) is 16.0. The summed E-state index contributed by atoms with van der Waals surface area (Å²) in [7, 11) is 1.53. The number of ether oxygens (including phenoxy) is 1. The Hall–Kier alpha value is -1.90. The molecule has 3 rings (SSSR count). The molecule has 124 valence electrons. The van der Waals surface area contributed by atoms with Crippen molar-refractivity contribution in [3.8, 4) is 0 Å². The van der Waals surface area contributed by atoms with E-state index >= 15 is 0 Å². The maximum Gasteiger partial charge on any atom is 0.240 e. The summed E-state index contributed by atoms with van der Waals surface area (Å²) < 4.78 is 36.6. The Kier molecular flexibility index (Phi) is 4.65. The number of benzene rings is 1. The van der Waals surface area contributed by atoms with Crippen molar-refractivity contribution < 1.29 is 23.1 Å². The van der Waals surface area contributed by atoms with Gasteiger partial charge in [-0.05, 0) is 24.1 Å². The molecule has 0 bridgehead atoms. The summed E-state index contributed by atoms with van der Waals surface area (Å²) in [5, 5.41) is 13.7. The van der Waals surface area contributed by atoms with E-state index in [0.717, 1.165) is 12.1 Å². The molecular formula is C15H17F2N3O3. The quantitative estimate of drug-likeness (QED) is 0.904. The zero-order valence-electron chi connectivity index (χ0n) is 12.6. The summed E-state index contributed by atoms with van der Waals surface area (Å²) in [6.45, 7) is 0.960. The molecule has 1 saturated heterocycles. The van der Waals surface area contributed by atoms with Crippen LogP contribution in [0.2, 0.25) is 0 Å². The second-order valence-electron chi connectivity index (χ2n) is 5.55. The highest BCUT2D eigenvalue weighted by molar-refractivity contribution is 5.23. The van der Waals surface area contributed by atoms with Gasteiger partial charge < -0.3 is 14.4 Å². The molecule has 23 heavy (non-hydrogen) atoms. The highest BCUT2D eigenvalue weighted by atomic mass is 19.2. The standard InChI is InChI=1S/C15H17F2N3O3/c1-22-8-14-18-15(23-19-14)7-20-6-10(21)5-13(20)9-2-3-11(16)12(17)4-9/h2-4,10,13,21H,5-8H2,1H3/t10-,13+/m1/s1. The van der Waals surface area contributed by atoms with Crippen LogP contribution >= 0.6 is 0 Å². The fraction of sp³-hybridized carbons (Fsp3) is 0.467. The molecule has 1 N–H and O–H groups in total. The van der Waals surface area contributed by atoms with E-state index in [1.54, 1.807) is 0 Å². The average Bonchev–Trinajstić information content (AvgIpc) is 3.09. The van der Waals surface area contributed by atoms with Crippen molar-refractivity contribution in [3.63, 3.8) is 0 Å². The molecule has 2 atom stereocenters. The Labute approximate surface area is 131 Å². The Bertz CT molecular complexity index is 680. The van der Waals surface area contributed by atoms with Crippen LogP contribution in [0.3, 0.4) is 0 Å². The van der Waals surface area contributed by atoms with E-state index in [9.17, 15) is 13.9 Å². The van der Waals surface area contributed by atoms with Gasteiger partial charge in [-0.15, -0.1) is 0 Å². The van der Waals surface area contributed by atoms with E-state index in [0.29, 0.717) is 36.8 Å². The number of likely N-dealkylation sites (tertiary alicyclic amines) is 1. The molecule has 0 radical (unpaired) electrons. The predicted octanol–water partition coefficient (Wildman–Crippen LogP) is 1.80. The normalized spacial score (nSPS) is 21.9.